The average molecular weight is 561 g/mol. The minimum atomic E-state index is -4.42. The number of benzene rings is 3. The van der Waals surface area contributed by atoms with Gasteiger partial charge in [0, 0.05) is 48.3 Å². The van der Waals surface area contributed by atoms with Crippen LogP contribution in [0, 0.1) is 5.41 Å². The summed E-state index contributed by atoms with van der Waals surface area (Å²) in [7, 11) is 0. The van der Waals surface area contributed by atoms with E-state index in [4.69, 9.17) is 4.98 Å². The predicted octanol–water partition coefficient (Wildman–Crippen LogP) is 7.03. The van der Waals surface area contributed by atoms with Crippen LogP contribution in [0.4, 0.5) is 18.9 Å². The lowest BCUT2D eigenvalue weighted by molar-refractivity contribution is -0.137. The smallest absolute Gasteiger partial charge is 0.339 e. The zero-order chi connectivity index (χ0) is 28.9. The van der Waals surface area contributed by atoms with Gasteiger partial charge in [-0.15, -0.1) is 0 Å². The first kappa shape index (κ1) is 27.1. The van der Waals surface area contributed by atoms with E-state index < -0.39 is 11.7 Å². The van der Waals surface area contributed by atoms with Crippen LogP contribution in [-0.4, -0.2) is 46.3 Å². The zero-order valence-corrected chi connectivity index (χ0v) is 23.0. The summed E-state index contributed by atoms with van der Waals surface area (Å²) in [6.45, 7) is 5.79. The number of carbonyl (C=O) groups excluding carboxylic acids is 2. The summed E-state index contributed by atoms with van der Waals surface area (Å²) in [5.41, 5.74) is 3.85. The minimum absolute atomic E-state index is 0.0666. The van der Waals surface area contributed by atoms with Gasteiger partial charge in [0.15, 0.2) is 0 Å². The van der Waals surface area contributed by atoms with Gasteiger partial charge < -0.3 is 14.8 Å². The fourth-order valence-corrected chi connectivity index (χ4v) is 5.97. The van der Waals surface area contributed by atoms with Crippen molar-refractivity contribution in [1.82, 2.24) is 14.9 Å². The molecule has 0 bridgehead atoms. The highest BCUT2D eigenvalue weighted by atomic mass is 19.4. The molecule has 1 spiro atoms. The largest absolute Gasteiger partial charge is 0.416 e. The second-order valence-corrected chi connectivity index (χ2v) is 11.6. The molecule has 6 nitrogen and oxygen atoms in total. The van der Waals surface area contributed by atoms with E-state index in [-0.39, 0.29) is 17.2 Å². The lowest BCUT2D eigenvalue weighted by Crippen LogP contribution is -2.44. The number of rotatable bonds is 4. The van der Waals surface area contributed by atoms with Crippen LogP contribution in [0.2, 0.25) is 0 Å². The quantitative estimate of drug-likeness (QED) is 0.291. The second kappa shape index (κ2) is 10.0. The second-order valence-electron chi connectivity index (χ2n) is 11.6. The molecule has 0 radical (unpaired) electrons. The first-order valence-corrected chi connectivity index (χ1v) is 13.9. The Morgan fingerprint density at radius 2 is 1.66 bits per heavy atom. The number of nitrogens with one attached hydrogen (secondary N) is 1. The van der Waals surface area contributed by atoms with Crippen molar-refractivity contribution in [3.8, 4) is 11.4 Å². The third-order valence-electron chi connectivity index (χ3n) is 8.52. The number of piperidine rings is 1. The SMILES string of the molecule is CC(C)c1ccc(-c2nc3ccc(C(=O)N4CCC5(CC4)CC(=O)N(c4ccc(C(F)(F)F)cc4)C5)cc3[nH]2)cc1. The summed E-state index contributed by atoms with van der Waals surface area (Å²) in [6.07, 6.45) is -2.77. The highest BCUT2D eigenvalue weighted by Crippen LogP contribution is 2.43. The van der Waals surface area contributed by atoms with Crippen molar-refractivity contribution in [1.29, 1.82) is 0 Å². The molecule has 212 valence electrons. The lowest BCUT2D eigenvalue weighted by atomic mass is 9.77. The number of carbonyl (C=O) groups is 2. The Hall–Kier alpha value is -4.14. The number of nitrogens with zero attached hydrogens (tertiary/aromatic N) is 3. The molecule has 41 heavy (non-hydrogen) atoms. The molecular formula is C32H31F3N4O2. The number of aromatic amines is 1. The van der Waals surface area contributed by atoms with Crippen molar-refractivity contribution in [3.63, 3.8) is 0 Å². The molecule has 0 unspecified atom stereocenters. The van der Waals surface area contributed by atoms with Crippen LogP contribution in [0.25, 0.3) is 22.4 Å². The summed E-state index contributed by atoms with van der Waals surface area (Å²) < 4.78 is 38.8. The van der Waals surface area contributed by atoms with Gasteiger partial charge >= 0.3 is 6.18 Å². The van der Waals surface area contributed by atoms with Crippen LogP contribution >= 0.6 is 0 Å². The predicted molar refractivity (Wildman–Crippen MR) is 152 cm³/mol. The zero-order valence-electron chi connectivity index (χ0n) is 23.0. The molecule has 0 saturated carbocycles. The molecule has 3 aromatic carbocycles. The number of hydrogen-bond donors (Lipinski definition) is 1. The van der Waals surface area contributed by atoms with Crippen LogP contribution in [-0.2, 0) is 11.0 Å². The number of imidazole rings is 1. The molecule has 9 heteroatoms. The summed E-state index contributed by atoms with van der Waals surface area (Å²) in [6, 6.07) is 18.5. The van der Waals surface area contributed by atoms with Gasteiger partial charge in [-0.3, -0.25) is 9.59 Å². The molecule has 0 atom stereocenters. The van der Waals surface area contributed by atoms with Crippen molar-refractivity contribution < 1.29 is 22.8 Å². The molecule has 1 aromatic heterocycles. The topological polar surface area (TPSA) is 69.3 Å². The molecule has 0 aliphatic carbocycles. The highest BCUT2D eigenvalue weighted by Gasteiger charge is 2.46. The number of alkyl halides is 3. The summed E-state index contributed by atoms with van der Waals surface area (Å²) in [4.78, 5) is 37.7. The molecule has 2 aliphatic rings. The van der Waals surface area contributed by atoms with E-state index >= 15 is 0 Å². The number of aromatic nitrogens is 2. The number of amides is 2. The van der Waals surface area contributed by atoms with E-state index in [0.29, 0.717) is 56.1 Å². The minimum Gasteiger partial charge on any atom is -0.339 e. The molecule has 6 rings (SSSR count). The van der Waals surface area contributed by atoms with E-state index in [9.17, 15) is 22.8 Å². The maximum atomic E-state index is 13.4. The third-order valence-corrected chi connectivity index (χ3v) is 8.52. The molecule has 2 amide bonds. The molecule has 1 N–H and O–H groups in total. The van der Waals surface area contributed by atoms with Gasteiger partial charge in [-0.25, -0.2) is 4.98 Å². The maximum Gasteiger partial charge on any atom is 0.416 e. The Bertz CT molecular complexity index is 1600. The first-order chi connectivity index (χ1) is 19.5. The van der Waals surface area contributed by atoms with Crippen molar-refractivity contribution >= 4 is 28.5 Å². The summed E-state index contributed by atoms with van der Waals surface area (Å²) in [5, 5.41) is 0. The molecule has 4 aromatic rings. The molecule has 2 aliphatic heterocycles. The molecule has 2 fully saturated rings. The van der Waals surface area contributed by atoms with Crippen molar-refractivity contribution in [2.75, 3.05) is 24.5 Å². The number of likely N-dealkylation sites (tertiary alicyclic amines) is 1. The number of anilines is 1. The van der Waals surface area contributed by atoms with E-state index in [1.165, 1.54) is 17.7 Å². The van der Waals surface area contributed by atoms with Gasteiger partial charge in [0.1, 0.15) is 5.82 Å². The summed E-state index contributed by atoms with van der Waals surface area (Å²) in [5.74, 6) is 1.04. The first-order valence-electron chi connectivity index (χ1n) is 13.9. The Kier molecular flexibility index (Phi) is 6.63. The number of fused-ring (bicyclic) bond motifs is 1. The van der Waals surface area contributed by atoms with E-state index in [0.717, 1.165) is 34.6 Å². The molecule has 3 heterocycles. The average Bonchev–Trinajstić information content (AvgIpc) is 3.53. The van der Waals surface area contributed by atoms with Crippen molar-refractivity contribution in [2.45, 2.75) is 45.2 Å². The van der Waals surface area contributed by atoms with E-state index in [1.807, 2.05) is 17.0 Å². The fourth-order valence-electron chi connectivity index (χ4n) is 5.97. The number of hydrogen-bond acceptors (Lipinski definition) is 3. The van der Waals surface area contributed by atoms with Gasteiger partial charge in [-0.2, -0.15) is 13.2 Å². The Labute approximate surface area is 236 Å². The van der Waals surface area contributed by atoms with Gasteiger partial charge in [0.2, 0.25) is 5.91 Å². The Morgan fingerprint density at radius 3 is 2.29 bits per heavy atom. The van der Waals surface area contributed by atoms with Gasteiger partial charge in [-0.05, 0) is 66.8 Å². The van der Waals surface area contributed by atoms with E-state index in [2.05, 4.69) is 43.1 Å². The van der Waals surface area contributed by atoms with Crippen molar-refractivity contribution in [2.24, 2.45) is 5.41 Å². The van der Waals surface area contributed by atoms with Crippen LogP contribution in [0.3, 0.4) is 0 Å². The van der Waals surface area contributed by atoms with Gasteiger partial charge in [0.05, 0.1) is 16.6 Å². The Morgan fingerprint density at radius 1 is 0.976 bits per heavy atom. The number of H-pyrrole nitrogens is 1. The number of halogens is 3. The Balaban J connectivity index is 1.12. The third kappa shape index (κ3) is 5.21. The standard InChI is InChI=1S/C32H31F3N4O2/c1-20(2)21-3-5-22(6-4-21)29-36-26-12-7-23(17-27(26)37-29)30(41)38-15-13-31(14-16-38)18-28(40)39(19-31)25-10-8-24(9-11-25)32(33,34)35/h3-12,17,20H,13-16,18-19H2,1-2H3,(H,36,37). The molecule has 2 saturated heterocycles. The lowest BCUT2D eigenvalue weighted by Gasteiger charge is -2.38. The molecular weight excluding hydrogens is 529 g/mol. The van der Waals surface area contributed by atoms with Crippen LogP contribution in [0.1, 0.15) is 60.5 Å². The van der Waals surface area contributed by atoms with Gasteiger partial charge in [-0.1, -0.05) is 38.1 Å². The normalized spacial score (nSPS) is 17.3. The van der Waals surface area contributed by atoms with Crippen LogP contribution in [0.5, 0.6) is 0 Å². The van der Waals surface area contributed by atoms with Crippen molar-refractivity contribution in [3.05, 3.63) is 83.4 Å². The monoisotopic (exact) mass is 560 g/mol. The van der Waals surface area contributed by atoms with E-state index in [1.54, 1.807) is 11.0 Å². The summed E-state index contributed by atoms with van der Waals surface area (Å²) >= 11 is 0. The van der Waals surface area contributed by atoms with Gasteiger partial charge in [0.25, 0.3) is 5.91 Å². The highest BCUT2D eigenvalue weighted by molar-refractivity contribution is 5.98. The maximum absolute atomic E-state index is 13.4. The fraction of sp³-hybridized carbons (Fsp3) is 0.344. The van der Waals surface area contributed by atoms with Crippen LogP contribution < -0.4 is 4.90 Å². The van der Waals surface area contributed by atoms with Crippen LogP contribution in [0.15, 0.2) is 66.7 Å².